The molecule has 8 heteroatoms. The minimum absolute atomic E-state index is 0.143. The van der Waals surface area contributed by atoms with Gasteiger partial charge in [0.25, 0.3) is 5.91 Å². The summed E-state index contributed by atoms with van der Waals surface area (Å²) in [5, 5.41) is 11.6. The van der Waals surface area contributed by atoms with Crippen LogP contribution in [0.5, 0.6) is 5.75 Å². The minimum atomic E-state index is -0.389. The number of hydrogen-bond donors (Lipinski definition) is 2. The number of hydrogen-bond acceptors (Lipinski definition) is 6. The highest BCUT2D eigenvalue weighted by Crippen LogP contribution is 2.43. The Morgan fingerprint density at radius 3 is 2.61 bits per heavy atom. The van der Waals surface area contributed by atoms with E-state index in [0.29, 0.717) is 27.7 Å². The third-order valence-electron chi connectivity index (χ3n) is 6.18. The number of aryl methyl sites for hydroxylation is 2. The summed E-state index contributed by atoms with van der Waals surface area (Å²) >= 11 is 1.38. The number of rotatable bonds is 6. The van der Waals surface area contributed by atoms with Gasteiger partial charge in [-0.05, 0) is 69.3 Å². The van der Waals surface area contributed by atoms with Crippen LogP contribution in [0.2, 0.25) is 0 Å². The highest BCUT2D eigenvalue weighted by molar-refractivity contribution is 7.13. The number of carbonyl (C=O) groups is 1. The molecule has 36 heavy (non-hydrogen) atoms. The highest BCUT2D eigenvalue weighted by Gasteiger charge is 2.41. The Balaban J connectivity index is 1.44. The van der Waals surface area contributed by atoms with Gasteiger partial charge in [-0.2, -0.15) is 0 Å². The number of thiazole rings is 1. The van der Waals surface area contributed by atoms with Crippen molar-refractivity contribution >= 4 is 40.5 Å². The maximum atomic E-state index is 13.4. The molecular weight excluding hydrogens is 475 g/mol. The molecule has 0 fully saturated rings. The number of carbonyl (C=O) groups excluding carboxylic acids is 1. The van der Waals surface area contributed by atoms with E-state index in [0.717, 1.165) is 21.7 Å². The van der Waals surface area contributed by atoms with Crippen molar-refractivity contribution in [3.63, 3.8) is 0 Å². The van der Waals surface area contributed by atoms with E-state index in [2.05, 4.69) is 16.4 Å². The molecule has 2 N–H and O–H groups in total. The van der Waals surface area contributed by atoms with Crippen LogP contribution in [-0.2, 0) is 0 Å². The van der Waals surface area contributed by atoms with E-state index < -0.39 is 0 Å². The summed E-state index contributed by atoms with van der Waals surface area (Å²) < 4.78 is 19.7. The zero-order valence-corrected chi connectivity index (χ0v) is 20.9. The molecule has 1 aliphatic rings. The number of nitrogens with zero attached hydrogens (tertiary/aromatic N) is 2. The first kappa shape index (κ1) is 23.7. The predicted octanol–water partition coefficient (Wildman–Crippen LogP) is 6.81. The summed E-state index contributed by atoms with van der Waals surface area (Å²) in [5.74, 6) is 0.132. The van der Waals surface area contributed by atoms with Crippen molar-refractivity contribution in [1.82, 2.24) is 4.98 Å². The highest BCUT2D eigenvalue weighted by atomic mass is 32.1. The fourth-order valence-corrected chi connectivity index (χ4v) is 5.13. The Hall–Kier alpha value is -4.04. The van der Waals surface area contributed by atoms with Crippen molar-refractivity contribution in [2.24, 2.45) is 0 Å². The van der Waals surface area contributed by atoms with Crippen molar-refractivity contribution < 1.29 is 13.9 Å². The molecule has 3 aromatic carbocycles. The number of amides is 1. The maximum absolute atomic E-state index is 13.4. The molecule has 0 aliphatic carbocycles. The zero-order chi connectivity index (χ0) is 25.4. The first-order valence-electron chi connectivity index (χ1n) is 11.5. The summed E-state index contributed by atoms with van der Waals surface area (Å²) in [4.78, 5) is 20.5. The molecule has 1 amide bonds. The Morgan fingerprint density at radius 2 is 1.92 bits per heavy atom. The van der Waals surface area contributed by atoms with Gasteiger partial charge < -0.3 is 15.5 Å². The van der Waals surface area contributed by atoms with Gasteiger partial charge in [-0.25, -0.2) is 9.37 Å². The second-order valence-electron chi connectivity index (χ2n) is 8.82. The van der Waals surface area contributed by atoms with Crippen LogP contribution in [0.3, 0.4) is 0 Å². The monoisotopic (exact) mass is 500 g/mol. The molecule has 0 bridgehead atoms. The lowest BCUT2D eigenvalue weighted by molar-refractivity contribution is 0.0957. The standard InChI is InChI=1S/C28H25FN4O2S/c1-16-4-11-25-23(12-16)26(18(3)33(25)28(34)27-31-15-17(2)36-27)35-22-9-10-24(19(13-22)14-30)32-21-7-5-20(29)6-8-21/h4-15,18,26,30,32H,1-3H3/t18?,26-/m0/s1. The van der Waals surface area contributed by atoms with Crippen LogP contribution >= 0.6 is 11.3 Å². The van der Waals surface area contributed by atoms with Gasteiger partial charge in [-0.3, -0.25) is 9.69 Å². The lowest BCUT2D eigenvalue weighted by Crippen LogP contribution is -2.38. The average Bonchev–Trinajstić information content (AvgIpc) is 3.42. The number of halogens is 1. The van der Waals surface area contributed by atoms with E-state index in [4.69, 9.17) is 10.1 Å². The molecule has 0 radical (unpaired) electrons. The lowest BCUT2D eigenvalue weighted by atomic mass is 10.0. The number of fused-ring (bicyclic) bond motifs is 1. The summed E-state index contributed by atoms with van der Waals surface area (Å²) in [7, 11) is 0. The van der Waals surface area contributed by atoms with Crippen molar-refractivity contribution in [3.05, 3.63) is 99.3 Å². The normalized spacial score (nSPS) is 16.5. The molecule has 5 rings (SSSR count). The van der Waals surface area contributed by atoms with Crippen LogP contribution < -0.4 is 15.0 Å². The third kappa shape index (κ3) is 4.47. The lowest BCUT2D eigenvalue weighted by Gasteiger charge is -2.25. The van der Waals surface area contributed by atoms with E-state index in [1.165, 1.54) is 29.7 Å². The van der Waals surface area contributed by atoms with Gasteiger partial charge in [0.05, 0.1) is 11.7 Å². The molecule has 1 aliphatic heterocycles. The maximum Gasteiger partial charge on any atom is 0.287 e. The Bertz CT molecular complexity index is 1450. The molecule has 0 spiro atoms. The van der Waals surface area contributed by atoms with E-state index in [1.54, 1.807) is 29.3 Å². The van der Waals surface area contributed by atoms with Gasteiger partial charge in [0.2, 0.25) is 0 Å². The molecule has 2 atom stereocenters. The molecule has 4 aromatic rings. The van der Waals surface area contributed by atoms with Crippen molar-refractivity contribution in [1.29, 1.82) is 5.41 Å². The molecule has 0 saturated carbocycles. The SMILES string of the molecule is Cc1ccc2c(c1)[C@@H](Oc1ccc(Nc3ccc(F)cc3)c(C=N)c1)C(C)N2C(=O)c1ncc(C)s1. The Morgan fingerprint density at radius 1 is 1.14 bits per heavy atom. The summed E-state index contributed by atoms with van der Waals surface area (Å²) in [6, 6.07) is 17.2. The molecule has 0 saturated heterocycles. The smallest absolute Gasteiger partial charge is 0.287 e. The Kier molecular flexibility index (Phi) is 6.28. The largest absolute Gasteiger partial charge is 0.483 e. The van der Waals surface area contributed by atoms with Gasteiger partial charge in [-0.15, -0.1) is 11.3 Å². The molecule has 182 valence electrons. The predicted molar refractivity (Wildman–Crippen MR) is 142 cm³/mol. The van der Waals surface area contributed by atoms with E-state index >= 15 is 0 Å². The summed E-state index contributed by atoms with van der Waals surface area (Å²) in [6.45, 7) is 5.92. The summed E-state index contributed by atoms with van der Waals surface area (Å²) in [5.41, 5.74) is 4.88. The number of benzene rings is 3. The van der Waals surface area contributed by atoms with Crippen LogP contribution in [0, 0.1) is 25.1 Å². The molecule has 6 nitrogen and oxygen atoms in total. The van der Waals surface area contributed by atoms with E-state index in [1.807, 2.05) is 45.0 Å². The number of nitrogens with one attached hydrogen (secondary N) is 2. The Labute approximate surface area is 212 Å². The van der Waals surface area contributed by atoms with Gasteiger partial charge in [0, 0.05) is 39.8 Å². The van der Waals surface area contributed by atoms with Gasteiger partial charge >= 0.3 is 0 Å². The van der Waals surface area contributed by atoms with Crippen molar-refractivity contribution in [2.45, 2.75) is 32.9 Å². The number of anilines is 3. The van der Waals surface area contributed by atoms with Crippen LogP contribution in [-0.4, -0.2) is 23.1 Å². The quantitative estimate of drug-likeness (QED) is 0.285. The van der Waals surface area contributed by atoms with E-state index in [-0.39, 0.29) is 23.9 Å². The molecular formula is C28H25FN4O2S. The molecule has 2 heterocycles. The summed E-state index contributed by atoms with van der Waals surface area (Å²) in [6.07, 6.45) is 2.57. The van der Waals surface area contributed by atoms with Crippen LogP contribution in [0.25, 0.3) is 0 Å². The first-order chi connectivity index (χ1) is 17.3. The molecule has 1 unspecified atom stereocenters. The van der Waals surface area contributed by atoms with Crippen molar-refractivity contribution in [3.8, 4) is 5.75 Å². The van der Waals surface area contributed by atoms with Gasteiger partial charge in [0.1, 0.15) is 17.7 Å². The number of ether oxygens (including phenoxy) is 1. The second-order valence-corrected chi connectivity index (χ2v) is 10.1. The van der Waals surface area contributed by atoms with Crippen LogP contribution in [0.4, 0.5) is 21.5 Å². The average molecular weight is 501 g/mol. The second kappa shape index (κ2) is 9.54. The van der Waals surface area contributed by atoms with Gasteiger partial charge in [-0.1, -0.05) is 17.7 Å². The molecule has 1 aromatic heterocycles. The van der Waals surface area contributed by atoms with Crippen LogP contribution in [0.1, 0.15) is 44.4 Å². The third-order valence-corrected chi connectivity index (χ3v) is 7.08. The number of aromatic nitrogens is 1. The van der Waals surface area contributed by atoms with Crippen LogP contribution in [0.15, 0.2) is 66.9 Å². The van der Waals surface area contributed by atoms with Crippen molar-refractivity contribution in [2.75, 3.05) is 10.2 Å². The van der Waals surface area contributed by atoms with Gasteiger partial charge in [0.15, 0.2) is 5.01 Å². The minimum Gasteiger partial charge on any atom is -0.483 e. The zero-order valence-electron chi connectivity index (χ0n) is 20.1. The fourth-order valence-electron chi connectivity index (χ4n) is 4.43. The van der Waals surface area contributed by atoms with E-state index in [9.17, 15) is 9.18 Å². The fraction of sp³-hybridized carbons (Fsp3) is 0.179. The first-order valence-corrected chi connectivity index (χ1v) is 12.4. The topological polar surface area (TPSA) is 78.3 Å².